The van der Waals surface area contributed by atoms with Crippen molar-refractivity contribution in [3.8, 4) is 11.5 Å². The van der Waals surface area contributed by atoms with Gasteiger partial charge in [-0.2, -0.15) is 5.10 Å². The maximum atomic E-state index is 12.1. The molecule has 3 aromatic rings. The fourth-order valence-corrected chi connectivity index (χ4v) is 2.52. The molecule has 0 saturated heterocycles. The Hall–Kier alpha value is -3.60. The number of nitrogens with one attached hydrogen (secondary N) is 1. The summed E-state index contributed by atoms with van der Waals surface area (Å²) in [4.78, 5) is 12.1. The first-order valence-electron chi connectivity index (χ1n) is 9.07. The topological polar surface area (TPSA) is 59.9 Å². The van der Waals surface area contributed by atoms with E-state index in [1.807, 2.05) is 61.5 Å². The first kappa shape index (κ1) is 19.2. The van der Waals surface area contributed by atoms with Gasteiger partial charge in [0.1, 0.15) is 18.1 Å². The molecule has 28 heavy (non-hydrogen) atoms. The minimum absolute atomic E-state index is 0.282. The van der Waals surface area contributed by atoms with Gasteiger partial charge in [0.15, 0.2) is 0 Å². The molecular formula is C23H22N2O3. The number of amides is 1. The number of rotatable bonds is 8. The Morgan fingerprint density at radius 1 is 0.929 bits per heavy atom. The molecule has 0 saturated carbocycles. The van der Waals surface area contributed by atoms with E-state index in [1.54, 1.807) is 30.5 Å². The largest absolute Gasteiger partial charge is 0.494 e. The average molecular weight is 374 g/mol. The summed E-state index contributed by atoms with van der Waals surface area (Å²) >= 11 is 0. The Labute approximate surface area is 164 Å². The van der Waals surface area contributed by atoms with Crippen LogP contribution in [-0.2, 0) is 6.61 Å². The number of carbonyl (C=O) groups excluding carboxylic acids is 1. The number of benzene rings is 3. The molecule has 3 aromatic carbocycles. The molecule has 0 bridgehead atoms. The van der Waals surface area contributed by atoms with Crippen LogP contribution in [0.5, 0.6) is 11.5 Å². The van der Waals surface area contributed by atoms with E-state index in [0.29, 0.717) is 18.8 Å². The van der Waals surface area contributed by atoms with E-state index < -0.39 is 0 Å². The van der Waals surface area contributed by atoms with E-state index in [9.17, 15) is 4.79 Å². The van der Waals surface area contributed by atoms with Crippen molar-refractivity contribution >= 4 is 12.1 Å². The average Bonchev–Trinajstić information content (AvgIpc) is 2.74. The Morgan fingerprint density at radius 3 is 2.46 bits per heavy atom. The molecule has 1 amide bonds. The lowest BCUT2D eigenvalue weighted by Crippen LogP contribution is -2.17. The lowest BCUT2D eigenvalue weighted by molar-refractivity contribution is 0.0955. The summed E-state index contributed by atoms with van der Waals surface area (Å²) in [7, 11) is 0. The van der Waals surface area contributed by atoms with Crippen molar-refractivity contribution in [1.29, 1.82) is 0 Å². The highest BCUT2D eigenvalue weighted by molar-refractivity contribution is 5.95. The van der Waals surface area contributed by atoms with Crippen molar-refractivity contribution in [2.45, 2.75) is 13.5 Å². The molecule has 1 N–H and O–H groups in total. The van der Waals surface area contributed by atoms with Crippen LogP contribution in [0.25, 0.3) is 0 Å². The number of hydrazone groups is 1. The van der Waals surface area contributed by atoms with Crippen LogP contribution in [0.2, 0.25) is 0 Å². The molecule has 0 atom stereocenters. The zero-order valence-electron chi connectivity index (χ0n) is 15.7. The van der Waals surface area contributed by atoms with E-state index >= 15 is 0 Å². The van der Waals surface area contributed by atoms with Gasteiger partial charge in [0.2, 0.25) is 0 Å². The highest BCUT2D eigenvalue weighted by Crippen LogP contribution is 2.14. The number of carbonyl (C=O) groups is 1. The standard InChI is InChI=1S/C23H22N2O3/c1-2-27-21-13-11-20(12-14-21)23(26)25-24-16-19-9-6-10-22(15-19)28-17-18-7-4-3-5-8-18/h3-16H,2,17H2,1H3,(H,25,26). The summed E-state index contributed by atoms with van der Waals surface area (Å²) < 4.78 is 11.2. The minimum Gasteiger partial charge on any atom is -0.494 e. The summed E-state index contributed by atoms with van der Waals surface area (Å²) in [5.74, 6) is 1.19. The van der Waals surface area contributed by atoms with Crippen LogP contribution in [0.4, 0.5) is 0 Å². The second kappa shape index (κ2) is 9.92. The molecular weight excluding hydrogens is 352 g/mol. The first-order chi connectivity index (χ1) is 13.7. The molecule has 5 nitrogen and oxygen atoms in total. The number of hydrogen-bond donors (Lipinski definition) is 1. The zero-order chi connectivity index (χ0) is 19.6. The van der Waals surface area contributed by atoms with Crippen LogP contribution in [0.1, 0.15) is 28.4 Å². The van der Waals surface area contributed by atoms with Crippen molar-refractivity contribution < 1.29 is 14.3 Å². The maximum Gasteiger partial charge on any atom is 0.271 e. The van der Waals surface area contributed by atoms with Crippen molar-refractivity contribution in [2.24, 2.45) is 5.10 Å². The molecule has 0 aliphatic carbocycles. The van der Waals surface area contributed by atoms with Crippen LogP contribution < -0.4 is 14.9 Å². The SMILES string of the molecule is CCOc1ccc(C(=O)NN=Cc2cccc(OCc3ccccc3)c2)cc1. The molecule has 142 valence electrons. The summed E-state index contributed by atoms with van der Waals surface area (Å²) in [5.41, 5.74) is 4.97. The fourth-order valence-electron chi connectivity index (χ4n) is 2.52. The first-order valence-corrected chi connectivity index (χ1v) is 9.07. The van der Waals surface area contributed by atoms with Crippen molar-refractivity contribution in [2.75, 3.05) is 6.61 Å². The number of nitrogens with zero attached hydrogens (tertiary/aromatic N) is 1. The quantitative estimate of drug-likeness (QED) is 0.469. The van der Waals surface area contributed by atoms with Gasteiger partial charge >= 0.3 is 0 Å². The Morgan fingerprint density at radius 2 is 1.71 bits per heavy atom. The summed E-state index contributed by atoms with van der Waals surface area (Å²) in [5, 5.41) is 4.02. The molecule has 0 aromatic heterocycles. The molecule has 0 radical (unpaired) electrons. The third-order valence-electron chi connectivity index (χ3n) is 3.91. The molecule has 0 heterocycles. The van der Waals surface area contributed by atoms with Crippen LogP contribution >= 0.6 is 0 Å². The third-order valence-corrected chi connectivity index (χ3v) is 3.91. The molecule has 5 heteroatoms. The summed E-state index contributed by atoms with van der Waals surface area (Å²) in [6.45, 7) is 3.00. The summed E-state index contributed by atoms with van der Waals surface area (Å²) in [6, 6.07) is 24.4. The van der Waals surface area contributed by atoms with E-state index in [-0.39, 0.29) is 5.91 Å². The smallest absolute Gasteiger partial charge is 0.271 e. The lowest BCUT2D eigenvalue weighted by atomic mass is 10.2. The lowest BCUT2D eigenvalue weighted by Gasteiger charge is -2.07. The van der Waals surface area contributed by atoms with Crippen molar-refractivity contribution in [1.82, 2.24) is 5.43 Å². The van der Waals surface area contributed by atoms with Crippen LogP contribution in [-0.4, -0.2) is 18.7 Å². The van der Waals surface area contributed by atoms with Crippen molar-refractivity contribution in [3.63, 3.8) is 0 Å². The van der Waals surface area contributed by atoms with E-state index in [4.69, 9.17) is 9.47 Å². The van der Waals surface area contributed by atoms with E-state index in [0.717, 1.165) is 22.6 Å². The number of ether oxygens (including phenoxy) is 2. The van der Waals surface area contributed by atoms with Crippen LogP contribution in [0.3, 0.4) is 0 Å². The van der Waals surface area contributed by atoms with Gasteiger partial charge in [-0.1, -0.05) is 42.5 Å². The van der Waals surface area contributed by atoms with Gasteiger partial charge in [0.25, 0.3) is 5.91 Å². The minimum atomic E-state index is -0.282. The highest BCUT2D eigenvalue weighted by Gasteiger charge is 2.04. The molecule has 0 spiro atoms. The maximum absolute atomic E-state index is 12.1. The summed E-state index contributed by atoms with van der Waals surface area (Å²) in [6.07, 6.45) is 1.59. The van der Waals surface area contributed by atoms with Gasteiger partial charge < -0.3 is 9.47 Å². The predicted octanol–water partition coefficient (Wildman–Crippen LogP) is 4.43. The molecule has 0 unspecified atom stereocenters. The predicted molar refractivity (Wildman–Crippen MR) is 110 cm³/mol. The molecule has 0 aliphatic heterocycles. The van der Waals surface area contributed by atoms with Gasteiger partial charge in [-0.15, -0.1) is 0 Å². The van der Waals surface area contributed by atoms with Gasteiger partial charge in [-0.3, -0.25) is 4.79 Å². The number of hydrogen-bond acceptors (Lipinski definition) is 4. The Kier molecular flexibility index (Phi) is 6.79. The van der Waals surface area contributed by atoms with Gasteiger partial charge in [0.05, 0.1) is 12.8 Å². The zero-order valence-corrected chi connectivity index (χ0v) is 15.7. The molecule has 0 fully saturated rings. The fraction of sp³-hybridized carbons (Fsp3) is 0.130. The second-order valence-electron chi connectivity index (χ2n) is 6.00. The Balaban J connectivity index is 1.54. The van der Waals surface area contributed by atoms with Gasteiger partial charge in [-0.05, 0) is 54.4 Å². The normalized spacial score (nSPS) is 10.6. The highest BCUT2D eigenvalue weighted by atomic mass is 16.5. The monoisotopic (exact) mass is 374 g/mol. The van der Waals surface area contributed by atoms with Crippen LogP contribution in [0, 0.1) is 0 Å². The van der Waals surface area contributed by atoms with Crippen molar-refractivity contribution in [3.05, 3.63) is 95.6 Å². The Bertz CT molecular complexity index is 922. The van der Waals surface area contributed by atoms with Crippen LogP contribution in [0.15, 0.2) is 84.0 Å². The van der Waals surface area contributed by atoms with Gasteiger partial charge in [0, 0.05) is 5.56 Å². The third kappa shape index (κ3) is 5.71. The van der Waals surface area contributed by atoms with E-state index in [1.165, 1.54) is 0 Å². The molecule has 3 rings (SSSR count). The molecule has 0 aliphatic rings. The van der Waals surface area contributed by atoms with Gasteiger partial charge in [-0.25, -0.2) is 5.43 Å². The second-order valence-corrected chi connectivity index (χ2v) is 6.00. The van der Waals surface area contributed by atoms with E-state index in [2.05, 4.69) is 10.5 Å².